The zero-order valence-corrected chi connectivity index (χ0v) is 9.32. The Kier molecular flexibility index (Phi) is 2.47. The van der Waals surface area contributed by atoms with Crippen molar-refractivity contribution in [2.24, 2.45) is 5.92 Å². The van der Waals surface area contributed by atoms with Crippen LogP contribution in [0.2, 0.25) is 0 Å². The Morgan fingerprint density at radius 2 is 2.00 bits per heavy atom. The minimum absolute atomic E-state index is 0.0569. The number of ether oxygens (including phenoxy) is 1. The van der Waals surface area contributed by atoms with Crippen molar-refractivity contribution in [1.82, 2.24) is 4.98 Å². The van der Waals surface area contributed by atoms with Gasteiger partial charge in [0, 0.05) is 17.6 Å². The van der Waals surface area contributed by atoms with Crippen molar-refractivity contribution in [3.05, 3.63) is 36.0 Å². The smallest absolute Gasteiger partial charge is 0.314 e. The molecule has 2 aromatic rings. The number of rotatable bonds is 2. The second-order valence-corrected chi connectivity index (χ2v) is 4.29. The Hall–Kier alpha value is -2.04. The van der Waals surface area contributed by atoms with Gasteiger partial charge in [0.25, 0.3) is 0 Å². The number of halogens is 2. The summed E-state index contributed by atoms with van der Waals surface area (Å²) in [6, 6.07) is 3.45. The van der Waals surface area contributed by atoms with E-state index in [1.54, 1.807) is 0 Å². The Morgan fingerprint density at radius 3 is 2.72 bits per heavy atom. The molecule has 1 aromatic carbocycles. The van der Waals surface area contributed by atoms with Gasteiger partial charge in [-0.05, 0) is 25.0 Å². The van der Waals surface area contributed by atoms with E-state index in [0.717, 1.165) is 25.0 Å². The summed E-state index contributed by atoms with van der Waals surface area (Å²) in [5.74, 6) is -2.12. The molecule has 0 aliphatic heterocycles. The Bertz CT molecular complexity index is 638. The zero-order chi connectivity index (χ0) is 12.7. The normalized spacial score (nSPS) is 14.8. The average molecular weight is 249 g/mol. The number of esters is 1. The molecule has 0 amide bonds. The van der Waals surface area contributed by atoms with Gasteiger partial charge in [-0.3, -0.25) is 9.78 Å². The minimum atomic E-state index is -0.987. The number of pyridine rings is 1. The van der Waals surface area contributed by atoms with Gasteiger partial charge in [0.2, 0.25) is 0 Å². The molecule has 0 atom stereocenters. The molecule has 1 heterocycles. The fourth-order valence-electron chi connectivity index (χ4n) is 1.72. The topological polar surface area (TPSA) is 39.2 Å². The van der Waals surface area contributed by atoms with E-state index in [1.165, 1.54) is 12.3 Å². The highest BCUT2D eigenvalue weighted by Crippen LogP contribution is 2.32. The Balaban J connectivity index is 2.05. The van der Waals surface area contributed by atoms with Gasteiger partial charge in [-0.15, -0.1) is 0 Å². The van der Waals surface area contributed by atoms with E-state index in [0.29, 0.717) is 5.39 Å². The molecule has 1 saturated carbocycles. The highest BCUT2D eigenvalue weighted by molar-refractivity contribution is 5.88. The van der Waals surface area contributed by atoms with Crippen LogP contribution < -0.4 is 4.74 Å². The second kappa shape index (κ2) is 4.01. The molecule has 92 valence electrons. The van der Waals surface area contributed by atoms with Crippen molar-refractivity contribution < 1.29 is 18.3 Å². The predicted octanol–water partition coefficient (Wildman–Crippen LogP) is 2.83. The molecule has 0 bridgehead atoms. The first-order valence-corrected chi connectivity index (χ1v) is 5.60. The molecular formula is C13H9F2NO2. The molecule has 0 N–H and O–H groups in total. The third-order valence-corrected chi connectivity index (χ3v) is 2.86. The lowest BCUT2D eigenvalue weighted by Crippen LogP contribution is -2.10. The second-order valence-electron chi connectivity index (χ2n) is 4.29. The fraction of sp³-hybridized carbons (Fsp3) is 0.231. The number of benzene rings is 1. The predicted molar refractivity (Wildman–Crippen MR) is 60.0 cm³/mol. The monoisotopic (exact) mass is 249 g/mol. The maximum Gasteiger partial charge on any atom is 0.314 e. The van der Waals surface area contributed by atoms with Crippen LogP contribution in [0.15, 0.2) is 24.4 Å². The van der Waals surface area contributed by atoms with Crippen LogP contribution in [-0.2, 0) is 4.79 Å². The largest absolute Gasteiger partial charge is 0.426 e. The number of hydrogen-bond acceptors (Lipinski definition) is 3. The maximum absolute atomic E-state index is 13.2. The van der Waals surface area contributed by atoms with E-state index in [9.17, 15) is 13.6 Å². The van der Waals surface area contributed by atoms with Crippen molar-refractivity contribution >= 4 is 16.9 Å². The summed E-state index contributed by atoms with van der Waals surface area (Å²) in [4.78, 5) is 15.5. The number of nitrogens with zero attached hydrogens (tertiary/aromatic N) is 1. The molecule has 1 aromatic heterocycles. The van der Waals surface area contributed by atoms with Crippen LogP contribution in [-0.4, -0.2) is 11.0 Å². The van der Waals surface area contributed by atoms with Crippen molar-refractivity contribution in [1.29, 1.82) is 0 Å². The van der Waals surface area contributed by atoms with Gasteiger partial charge in [0.15, 0.2) is 11.6 Å². The standard InChI is InChI=1S/C13H9F2NO2/c14-9-5-8-11(6-10(9)15)16-4-3-12(8)18-13(17)7-1-2-7/h3-7H,1-2H2. The van der Waals surface area contributed by atoms with Gasteiger partial charge in [-0.2, -0.15) is 0 Å². The fourth-order valence-corrected chi connectivity index (χ4v) is 1.72. The SMILES string of the molecule is O=C(Oc1ccnc2cc(F)c(F)cc12)C1CC1. The Labute approximate surface area is 101 Å². The molecule has 5 heteroatoms. The molecular weight excluding hydrogens is 240 g/mol. The number of hydrogen-bond donors (Lipinski definition) is 0. The number of carbonyl (C=O) groups is 1. The van der Waals surface area contributed by atoms with E-state index >= 15 is 0 Å². The van der Waals surface area contributed by atoms with Crippen LogP contribution in [0.3, 0.4) is 0 Å². The van der Waals surface area contributed by atoms with Gasteiger partial charge in [-0.1, -0.05) is 0 Å². The van der Waals surface area contributed by atoms with Crippen LogP contribution in [0.4, 0.5) is 8.78 Å². The van der Waals surface area contributed by atoms with E-state index in [2.05, 4.69) is 4.98 Å². The molecule has 1 fully saturated rings. The molecule has 3 rings (SSSR count). The van der Waals surface area contributed by atoms with Gasteiger partial charge in [-0.25, -0.2) is 8.78 Å². The van der Waals surface area contributed by atoms with Crippen LogP contribution in [0.5, 0.6) is 5.75 Å². The lowest BCUT2D eigenvalue weighted by Gasteiger charge is -2.07. The third-order valence-electron chi connectivity index (χ3n) is 2.86. The van der Waals surface area contributed by atoms with Crippen LogP contribution in [0.25, 0.3) is 10.9 Å². The van der Waals surface area contributed by atoms with E-state index < -0.39 is 11.6 Å². The van der Waals surface area contributed by atoms with E-state index in [1.807, 2.05) is 0 Å². The van der Waals surface area contributed by atoms with E-state index in [4.69, 9.17) is 4.74 Å². The lowest BCUT2D eigenvalue weighted by atomic mass is 10.2. The molecule has 0 radical (unpaired) electrons. The number of aromatic nitrogens is 1. The molecule has 0 unspecified atom stereocenters. The van der Waals surface area contributed by atoms with Crippen molar-refractivity contribution in [3.63, 3.8) is 0 Å². The summed E-state index contributed by atoms with van der Waals surface area (Å²) >= 11 is 0. The third kappa shape index (κ3) is 1.92. The van der Waals surface area contributed by atoms with Crippen LogP contribution in [0.1, 0.15) is 12.8 Å². The summed E-state index contributed by atoms with van der Waals surface area (Å²) in [7, 11) is 0. The van der Waals surface area contributed by atoms with Crippen molar-refractivity contribution in [2.45, 2.75) is 12.8 Å². The van der Waals surface area contributed by atoms with Gasteiger partial charge in [0.1, 0.15) is 5.75 Å². The molecule has 0 spiro atoms. The van der Waals surface area contributed by atoms with E-state index in [-0.39, 0.29) is 23.2 Å². The number of fused-ring (bicyclic) bond motifs is 1. The summed E-state index contributed by atoms with van der Waals surface area (Å²) < 4.78 is 31.4. The minimum Gasteiger partial charge on any atom is -0.426 e. The first-order chi connectivity index (χ1) is 8.65. The maximum atomic E-state index is 13.2. The zero-order valence-electron chi connectivity index (χ0n) is 9.32. The van der Waals surface area contributed by atoms with Gasteiger partial charge in [0.05, 0.1) is 11.4 Å². The molecule has 0 saturated heterocycles. The van der Waals surface area contributed by atoms with Crippen LogP contribution in [0, 0.1) is 17.6 Å². The highest BCUT2D eigenvalue weighted by atomic mass is 19.2. The van der Waals surface area contributed by atoms with Gasteiger partial charge < -0.3 is 4.74 Å². The highest BCUT2D eigenvalue weighted by Gasteiger charge is 2.32. The molecule has 18 heavy (non-hydrogen) atoms. The Morgan fingerprint density at radius 1 is 1.28 bits per heavy atom. The van der Waals surface area contributed by atoms with Crippen molar-refractivity contribution in [2.75, 3.05) is 0 Å². The van der Waals surface area contributed by atoms with Crippen LogP contribution >= 0.6 is 0 Å². The molecule has 3 nitrogen and oxygen atoms in total. The van der Waals surface area contributed by atoms with Gasteiger partial charge >= 0.3 is 5.97 Å². The first kappa shape index (κ1) is 11.1. The molecule has 1 aliphatic rings. The summed E-state index contributed by atoms with van der Waals surface area (Å²) in [5, 5.41) is 0.297. The molecule has 1 aliphatic carbocycles. The first-order valence-electron chi connectivity index (χ1n) is 5.60. The summed E-state index contributed by atoms with van der Waals surface area (Å²) in [5.41, 5.74) is 0.259. The quantitative estimate of drug-likeness (QED) is 0.768. The summed E-state index contributed by atoms with van der Waals surface area (Å²) in [6.07, 6.45) is 3.05. The lowest BCUT2D eigenvalue weighted by molar-refractivity contribution is -0.135. The number of carbonyl (C=O) groups excluding carboxylic acids is 1. The summed E-state index contributed by atoms with van der Waals surface area (Å²) in [6.45, 7) is 0. The van der Waals surface area contributed by atoms with Crippen molar-refractivity contribution in [3.8, 4) is 5.75 Å². The average Bonchev–Trinajstić information content (AvgIpc) is 3.15.